The van der Waals surface area contributed by atoms with Crippen molar-refractivity contribution in [1.29, 1.82) is 0 Å². The van der Waals surface area contributed by atoms with Crippen LogP contribution in [-0.4, -0.2) is 59.6 Å². The van der Waals surface area contributed by atoms with E-state index in [1.54, 1.807) is 32.4 Å². The van der Waals surface area contributed by atoms with Crippen LogP contribution in [0.15, 0.2) is 59.5 Å². The number of H-pyrrole nitrogens is 1. The quantitative estimate of drug-likeness (QED) is 0.323. The van der Waals surface area contributed by atoms with Crippen LogP contribution in [0.2, 0.25) is 0 Å². The number of carbonyl (C=O) groups excluding carboxylic acids is 3. The van der Waals surface area contributed by atoms with Crippen LogP contribution in [0.5, 0.6) is 0 Å². The number of amides is 3. The molecule has 3 aromatic rings. The number of pyridine rings is 1. The summed E-state index contributed by atoms with van der Waals surface area (Å²) in [6.45, 7) is 4.64. The molecule has 0 bridgehead atoms. The third-order valence-corrected chi connectivity index (χ3v) is 6.09. The molecule has 3 amide bonds. The number of ether oxygens (including phenoxy) is 1. The molecule has 10 nitrogen and oxygen atoms in total. The lowest BCUT2D eigenvalue weighted by atomic mass is 10.0. The van der Waals surface area contributed by atoms with Crippen LogP contribution >= 0.6 is 0 Å². The van der Waals surface area contributed by atoms with E-state index in [9.17, 15) is 19.2 Å². The number of carbonyl (C=O) groups is 3. The van der Waals surface area contributed by atoms with E-state index < -0.39 is 18.1 Å². The number of aromatic amines is 1. The lowest BCUT2D eigenvalue weighted by Gasteiger charge is -2.17. The van der Waals surface area contributed by atoms with Gasteiger partial charge >= 0.3 is 6.09 Å². The van der Waals surface area contributed by atoms with E-state index in [2.05, 4.69) is 35.5 Å². The average molecular weight is 536 g/mol. The molecule has 0 radical (unpaired) electrons. The maximum atomic E-state index is 13.2. The highest BCUT2D eigenvalue weighted by molar-refractivity contribution is 5.95. The van der Waals surface area contributed by atoms with Crippen LogP contribution in [0.3, 0.4) is 0 Å². The Morgan fingerprint density at radius 1 is 1.15 bits per heavy atom. The molecule has 2 aromatic heterocycles. The van der Waals surface area contributed by atoms with Crippen molar-refractivity contribution in [2.75, 3.05) is 26.5 Å². The van der Waals surface area contributed by atoms with Crippen molar-refractivity contribution in [3.05, 3.63) is 76.4 Å². The minimum atomic E-state index is -1.16. The largest absolute Gasteiger partial charge is 0.436 e. The maximum Gasteiger partial charge on any atom is 0.407 e. The minimum absolute atomic E-state index is 0.0722. The number of fused-ring (bicyclic) bond motifs is 1. The number of hydrogen-bond donors (Lipinski definition) is 3. The molecule has 0 aliphatic carbocycles. The molecule has 2 heterocycles. The Morgan fingerprint density at radius 3 is 2.62 bits per heavy atom. The van der Waals surface area contributed by atoms with E-state index in [1.807, 2.05) is 18.2 Å². The molecule has 1 aromatic carbocycles. The smallest absolute Gasteiger partial charge is 0.407 e. The van der Waals surface area contributed by atoms with Crippen LogP contribution < -0.4 is 16.2 Å². The lowest BCUT2D eigenvalue weighted by Crippen LogP contribution is -2.37. The second kappa shape index (κ2) is 13.5. The number of rotatable bonds is 11. The second-order valence-corrected chi connectivity index (χ2v) is 9.97. The molecule has 3 N–H and O–H groups in total. The summed E-state index contributed by atoms with van der Waals surface area (Å²) < 4.78 is 6.73. The van der Waals surface area contributed by atoms with Crippen LogP contribution in [0.25, 0.3) is 10.9 Å². The van der Waals surface area contributed by atoms with E-state index in [-0.39, 0.29) is 23.6 Å². The van der Waals surface area contributed by atoms with Gasteiger partial charge < -0.3 is 29.8 Å². The molecular formula is C29H37N5O5. The summed E-state index contributed by atoms with van der Waals surface area (Å²) in [5.41, 5.74) is 2.84. The number of para-hydroxylation sites is 1. The highest BCUT2D eigenvalue weighted by Gasteiger charge is 2.23. The monoisotopic (exact) mass is 535 g/mol. The SMILES string of the molecule is CNC(=O)OC(CC/C=C/C(=O)N(C)C)C(=O)Nc1cccn(Cc2cc3cccc(CC(C)C)c3[nH]2)c1=O. The lowest BCUT2D eigenvalue weighted by molar-refractivity contribution is -0.124. The Bertz CT molecular complexity index is 1400. The molecule has 39 heavy (non-hydrogen) atoms. The number of nitrogens with zero attached hydrogens (tertiary/aromatic N) is 2. The van der Waals surface area contributed by atoms with Gasteiger partial charge in [0, 0.05) is 38.6 Å². The first-order valence-electron chi connectivity index (χ1n) is 12.9. The topological polar surface area (TPSA) is 126 Å². The van der Waals surface area contributed by atoms with Crippen molar-refractivity contribution < 1.29 is 19.1 Å². The zero-order chi connectivity index (χ0) is 28.5. The molecule has 1 atom stereocenters. The van der Waals surface area contributed by atoms with Crippen molar-refractivity contribution in [2.24, 2.45) is 5.92 Å². The van der Waals surface area contributed by atoms with Gasteiger partial charge in [-0.2, -0.15) is 0 Å². The molecule has 0 aliphatic rings. The summed E-state index contributed by atoms with van der Waals surface area (Å²) in [5, 5.41) is 6.01. The number of hydrogen-bond acceptors (Lipinski definition) is 5. The number of aromatic nitrogens is 2. The summed E-state index contributed by atoms with van der Waals surface area (Å²) in [7, 11) is 4.65. The zero-order valence-electron chi connectivity index (χ0n) is 23.1. The standard InChI is InChI=1S/C29H37N5O5/c1-19(2)16-20-10-8-11-21-17-22(31-26(20)21)18-34-15-9-12-23(28(34)37)32-27(36)24(39-29(38)30-3)13-6-7-14-25(35)33(4)5/h7-12,14-15,17,19,24,31H,6,13,16,18H2,1-5H3,(H,30,38)(H,32,36)/b14-7+. The van der Waals surface area contributed by atoms with Crippen LogP contribution in [0.1, 0.15) is 37.9 Å². The Kier molecular flexibility index (Phi) is 10.1. The fourth-order valence-corrected chi connectivity index (χ4v) is 4.14. The van der Waals surface area contributed by atoms with Gasteiger partial charge in [-0.05, 0) is 60.4 Å². The average Bonchev–Trinajstić information content (AvgIpc) is 3.31. The Morgan fingerprint density at radius 2 is 1.92 bits per heavy atom. The first-order chi connectivity index (χ1) is 18.6. The van der Waals surface area contributed by atoms with Gasteiger partial charge in [0.1, 0.15) is 5.69 Å². The summed E-state index contributed by atoms with van der Waals surface area (Å²) in [6, 6.07) is 11.4. The van der Waals surface area contributed by atoms with Gasteiger partial charge in [-0.1, -0.05) is 38.1 Å². The zero-order valence-corrected chi connectivity index (χ0v) is 23.1. The Balaban J connectivity index is 1.75. The molecule has 0 saturated heterocycles. The van der Waals surface area contributed by atoms with E-state index in [4.69, 9.17) is 4.74 Å². The first-order valence-corrected chi connectivity index (χ1v) is 12.9. The number of nitrogens with one attached hydrogen (secondary N) is 3. The predicted molar refractivity (Wildman–Crippen MR) is 152 cm³/mol. The van der Waals surface area contributed by atoms with Crippen molar-refractivity contribution >= 4 is 34.5 Å². The third-order valence-electron chi connectivity index (χ3n) is 6.09. The maximum absolute atomic E-state index is 13.2. The molecular weight excluding hydrogens is 498 g/mol. The molecule has 0 saturated carbocycles. The van der Waals surface area contributed by atoms with Gasteiger partial charge in [0.2, 0.25) is 5.91 Å². The van der Waals surface area contributed by atoms with Crippen molar-refractivity contribution in [3.63, 3.8) is 0 Å². The van der Waals surface area contributed by atoms with Gasteiger partial charge in [0.25, 0.3) is 11.5 Å². The van der Waals surface area contributed by atoms with Gasteiger partial charge in [-0.3, -0.25) is 14.4 Å². The van der Waals surface area contributed by atoms with Crippen LogP contribution in [0, 0.1) is 5.92 Å². The number of anilines is 1. The predicted octanol–water partition coefficient (Wildman–Crippen LogP) is 3.66. The van der Waals surface area contributed by atoms with Gasteiger partial charge in [0.05, 0.1) is 6.54 Å². The molecule has 0 fully saturated rings. The highest BCUT2D eigenvalue weighted by atomic mass is 16.6. The molecule has 1 unspecified atom stereocenters. The Hall–Kier alpha value is -4.34. The summed E-state index contributed by atoms with van der Waals surface area (Å²) >= 11 is 0. The van der Waals surface area contributed by atoms with Crippen LogP contribution in [0.4, 0.5) is 10.5 Å². The van der Waals surface area contributed by atoms with Gasteiger partial charge in [0.15, 0.2) is 6.10 Å². The number of alkyl carbamates (subject to hydrolysis) is 1. The normalized spacial score (nSPS) is 12.1. The molecule has 3 rings (SSSR count). The van der Waals surface area contributed by atoms with Crippen molar-refractivity contribution in [1.82, 2.24) is 19.8 Å². The van der Waals surface area contributed by atoms with E-state index in [1.165, 1.54) is 34.2 Å². The van der Waals surface area contributed by atoms with E-state index in [0.717, 1.165) is 23.0 Å². The minimum Gasteiger partial charge on any atom is -0.436 e. The summed E-state index contributed by atoms with van der Waals surface area (Å²) in [4.78, 5) is 54.6. The fraction of sp³-hybridized carbons (Fsp3) is 0.379. The van der Waals surface area contributed by atoms with Crippen molar-refractivity contribution in [3.8, 4) is 0 Å². The van der Waals surface area contributed by atoms with E-state index >= 15 is 0 Å². The second-order valence-electron chi connectivity index (χ2n) is 9.97. The van der Waals surface area contributed by atoms with Crippen molar-refractivity contribution in [2.45, 2.75) is 45.8 Å². The first kappa shape index (κ1) is 29.2. The molecule has 0 spiro atoms. The molecule has 10 heteroatoms. The highest BCUT2D eigenvalue weighted by Crippen LogP contribution is 2.22. The third kappa shape index (κ3) is 8.07. The summed E-state index contributed by atoms with van der Waals surface area (Å²) in [5.74, 6) is -0.318. The fourth-order valence-electron chi connectivity index (χ4n) is 4.14. The number of allylic oxidation sites excluding steroid dienone is 1. The van der Waals surface area contributed by atoms with E-state index in [0.29, 0.717) is 18.9 Å². The number of likely N-dealkylation sites (N-methyl/N-ethyl adjacent to an activating group) is 1. The van der Waals surface area contributed by atoms with Crippen LogP contribution in [-0.2, 0) is 27.3 Å². The molecule has 208 valence electrons. The number of benzene rings is 1. The van der Waals surface area contributed by atoms with Gasteiger partial charge in [-0.25, -0.2) is 4.79 Å². The van der Waals surface area contributed by atoms with Gasteiger partial charge in [-0.15, -0.1) is 0 Å². The Labute approximate surface area is 228 Å². The summed E-state index contributed by atoms with van der Waals surface area (Å²) in [6.07, 6.45) is 4.11. The molecule has 0 aliphatic heterocycles.